The quantitative estimate of drug-likeness (QED) is 0.494. The van der Waals surface area contributed by atoms with Gasteiger partial charge in [-0.1, -0.05) is 23.9 Å². The zero-order valence-electron chi connectivity index (χ0n) is 17.1. The maximum atomic E-state index is 5.93. The second kappa shape index (κ2) is 10.3. The third-order valence-corrected chi connectivity index (χ3v) is 5.78. The molecule has 0 amide bonds. The third kappa shape index (κ3) is 5.87. The minimum Gasteiger partial charge on any atom is -0.497 e. The largest absolute Gasteiger partial charge is 0.497 e. The van der Waals surface area contributed by atoms with Crippen molar-refractivity contribution in [3.8, 4) is 11.5 Å². The van der Waals surface area contributed by atoms with E-state index in [1.54, 1.807) is 25.1 Å². The lowest BCUT2D eigenvalue weighted by Crippen LogP contribution is -2.25. The Kier molecular flexibility index (Phi) is 7.05. The van der Waals surface area contributed by atoms with Crippen molar-refractivity contribution >= 4 is 23.4 Å². The molecule has 156 valence electrons. The molecule has 0 aliphatic carbocycles. The number of benzene rings is 2. The molecule has 0 spiro atoms. The van der Waals surface area contributed by atoms with E-state index in [9.17, 15) is 0 Å². The highest BCUT2D eigenvalue weighted by Gasteiger charge is 2.11. The first kappa shape index (κ1) is 20.5. The first-order chi connectivity index (χ1) is 14.8. The normalized spacial score (nSPS) is 13.9. The van der Waals surface area contributed by atoms with Gasteiger partial charge in [-0.05, 0) is 62.3 Å². The Morgan fingerprint density at radius 1 is 1.03 bits per heavy atom. The van der Waals surface area contributed by atoms with Crippen molar-refractivity contribution in [2.24, 2.45) is 0 Å². The number of anilines is 2. The molecular weight excluding hydrogens is 396 g/mol. The van der Waals surface area contributed by atoms with Crippen LogP contribution in [0.5, 0.6) is 11.5 Å². The molecular formula is C23H26N4O2S. The molecule has 3 aromatic rings. The number of nitrogens with one attached hydrogen (secondary N) is 1. The molecule has 0 bridgehead atoms. The summed E-state index contributed by atoms with van der Waals surface area (Å²) in [6.45, 7) is 4.05. The summed E-state index contributed by atoms with van der Waals surface area (Å²) in [5.41, 5.74) is 0.900. The van der Waals surface area contributed by atoms with Gasteiger partial charge in [-0.2, -0.15) is 0 Å². The molecule has 1 saturated heterocycles. The Morgan fingerprint density at radius 3 is 2.73 bits per heavy atom. The fourth-order valence-corrected chi connectivity index (χ4v) is 4.16. The fourth-order valence-electron chi connectivity index (χ4n) is 3.34. The van der Waals surface area contributed by atoms with Gasteiger partial charge in [-0.15, -0.1) is 0 Å². The molecule has 2 aromatic carbocycles. The molecule has 1 N–H and O–H groups in total. The highest BCUT2D eigenvalue weighted by atomic mass is 32.2. The van der Waals surface area contributed by atoms with Gasteiger partial charge in [0.1, 0.15) is 23.1 Å². The molecule has 0 saturated carbocycles. The number of hydrogen-bond donors (Lipinski definition) is 1. The molecule has 7 heteroatoms. The Hall–Kier alpha value is -2.77. The van der Waals surface area contributed by atoms with Crippen LogP contribution < -0.4 is 14.8 Å². The number of rotatable bonds is 9. The van der Waals surface area contributed by atoms with Crippen molar-refractivity contribution in [1.29, 1.82) is 0 Å². The first-order valence-electron chi connectivity index (χ1n) is 10.2. The van der Waals surface area contributed by atoms with Crippen LogP contribution in [0.2, 0.25) is 0 Å². The summed E-state index contributed by atoms with van der Waals surface area (Å²) >= 11 is 1.57. The Morgan fingerprint density at radius 2 is 1.87 bits per heavy atom. The highest BCUT2D eigenvalue weighted by Crippen LogP contribution is 2.29. The van der Waals surface area contributed by atoms with E-state index in [2.05, 4.69) is 20.2 Å². The average Bonchev–Trinajstić information content (AvgIpc) is 3.28. The van der Waals surface area contributed by atoms with Gasteiger partial charge in [0.2, 0.25) is 5.95 Å². The van der Waals surface area contributed by atoms with Crippen LogP contribution >= 0.6 is 11.8 Å². The lowest BCUT2D eigenvalue weighted by Gasteiger charge is -2.15. The number of nitrogens with zero attached hydrogens (tertiary/aromatic N) is 3. The van der Waals surface area contributed by atoms with Crippen LogP contribution in [0, 0.1) is 0 Å². The van der Waals surface area contributed by atoms with Crippen LogP contribution in [0.3, 0.4) is 0 Å². The maximum absolute atomic E-state index is 5.93. The summed E-state index contributed by atoms with van der Waals surface area (Å²) < 4.78 is 11.2. The predicted octanol–water partition coefficient (Wildman–Crippen LogP) is 4.85. The van der Waals surface area contributed by atoms with Gasteiger partial charge >= 0.3 is 0 Å². The topological polar surface area (TPSA) is 59.5 Å². The summed E-state index contributed by atoms with van der Waals surface area (Å²) in [7, 11) is 1.67. The molecule has 0 atom stereocenters. The molecule has 6 nitrogen and oxygen atoms in total. The van der Waals surface area contributed by atoms with E-state index in [0.717, 1.165) is 33.7 Å². The maximum Gasteiger partial charge on any atom is 0.228 e. The van der Waals surface area contributed by atoms with E-state index in [4.69, 9.17) is 9.47 Å². The van der Waals surface area contributed by atoms with E-state index >= 15 is 0 Å². The van der Waals surface area contributed by atoms with Gasteiger partial charge in [0.15, 0.2) is 0 Å². The zero-order chi connectivity index (χ0) is 20.6. The Balaban J connectivity index is 1.36. The highest BCUT2D eigenvalue weighted by molar-refractivity contribution is 7.99. The van der Waals surface area contributed by atoms with Crippen LogP contribution in [0.15, 0.2) is 70.7 Å². The number of methoxy groups -OCH3 is 1. The summed E-state index contributed by atoms with van der Waals surface area (Å²) in [6.07, 6.45) is 4.36. The Bertz CT molecular complexity index is 963. The fraction of sp³-hybridized carbons (Fsp3) is 0.304. The van der Waals surface area contributed by atoms with Crippen LogP contribution in [-0.2, 0) is 0 Å². The number of hydrogen-bond acceptors (Lipinski definition) is 7. The molecule has 0 unspecified atom stereocenters. The SMILES string of the molecule is COc1cccc(Sc2ccnc(Nc3cccc(OCCN4CCCC4)c3)n2)c1. The average molecular weight is 423 g/mol. The molecule has 1 aliphatic heterocycles. The van der Waals surface area contributed by atoms with Gasteiger partial charge in [0.05, 0.1) is 7.11 Å². The van der Waals surface area contributed by atoms with Crippen molar-refractivity contribution < 1.29 is 9.47 Å². The first-order valence-corrected chi connectivity index (χ1v) is 11.0. The molecule has 1 aromatic heterocycles. The molecule has 2 heterocycles. The summed E-state index contributed by atoms with van der Waals surface area (Å²) in [4.78, 5) is 12.5. The van der Waals surface area contributed by atoms with Crippen molar-refractivity contribution in [2.45, 2.75) is 22.8 Å². The summed E-state index contributed by atoms with van der Waals surface area (Å²) in [6, 6.07) is 17.7. The van der Waals surface area contributed by atoms with E-state index in [-0.39, 0.29) is 0 Å². The minimum atomic E-state index is 0.553. The number of likely N-dealkylation sites (tertiary alicyclic amines) is 1. The Labute approximate surface area is 181 Å². The van der Waals surface area contributed by atoms with Gasteiger partial charge in [-0.3, -0.25) is 4.90 Å². The van der Waals surface area contributed by atoms with E-state index in [1.165, 1.54) is 25.9 Å². The number of ether oxygens (including phenoxy) is 2. The summed E-state index contributed by atoms with van der Waals surface area (Å²) in [5, 5.41) is 4.13. The van der Waals surface area contributed by atoms with Crippen molar-refractivity contribution in [3.63, 3.8) is 0 Å². The van der Waals surface area contributed by atoms with E-state index < -0.39 is 0 Å². The van der Waals surface area contributed by atoms with E-state index in [0.29, 0.717) is 12.6 Å². The monoisotopic (exact) mass is 422 g/mol. The molecule has 30 heavy (non-hydrogen) atoms. The molecule has 1 fully saturated rings. The van der Waals surface area contributed by atoms with Crippen LogP contribution in [0.4, 0.5) is 11.6 Å². The molecule has 0 radical (unpaired) electrons. The van der Waals surface area contributed by atoms with E-state index in [1.807, 2.05) is 54.6 Å². The minimum absolute atomic E-state index is 0.553. The lowest BCUT2D eigenvalue weighted by molar-refractivity contribution is 0.238. The van der Waals surface area contributed by atoms with Crippen LogP contribution in [0.1, 0.15) is 12.8 Å². The van der Waals surface area contributed by atoms with Gasteiger partial charge in [-0.25, -0.2) is 9.97 Å². The summed E-state index contributed by atoms with van der Waals surface area (Å²) in [5.74, 6) is 2.23. The predicted molar refractivity (Wildman–Crippen MR) is 120 cm³/mol. The lowest BCUT2D eigenvalue weighted by atomic mass is 10.3. The van der Waals surface area contributed by atoms with Crippen molar-refractivity contribution in [1.82, 2.24) is 14.9 Å². The zero-order valence-corrected chi connectivity index (χ0v) is 17.9. The van der Waals surface area contributed by atoms with Crippen molar-refractivity contribution in [3.05, 3.63) is 60.8 Å². The van der Waals surface area contributed by atoms with Gasteiger partial charge in [0.25, 0.3) is 0 Å². The van der Waals surface area contributed by atoms with Gasteiger partial charge < -0.3 is 14.8 Å². The molecule has 1 aliphatic rings. The van der Waals surface area contributed by atoms with Crippen LogP contribution in [0.25, 0.3) is 0 Å². The molecule has 4 rings (SSSR count). The smallest absolute Gasteiger partial charge is 0.228 e. The van der Waals surface area contributed by atoms with Crippen LogP contribution in [-0.4, -0.2) is 48.2 Å². The third-order valence-electron chi connectivity index (χ3n) is 4.86. The number of aromatic nitrogens is 2. The standard InChI is InChI=1S/C23H26N4O2S/c1-28-19-7-5-9-21(17-19)30-22-10-11-24-23(26-22)25-18-6-4-8-20(16-18)29-15-14-27-12-2-3-13-27/h4-11,16-17H,2-3,12-15H2,1H3,(H,24,25,26). The van der Waals surface area contributed by atoms with Gasteiger partial charge in [0, 0.05) is 29.4 Å². The second-order valence-corrected chi connectivity index (χ2v) is 8.14. The second-order valence-electron chi connectivity index (χ2n) is 7.05. The van der Waals surface area contributed by atoms with Crippen molar-refractivity contribution in [2.75, 3.05) is 38.7 Å².